The molecule has 1 aromatic rings. The van der Waals surface area contributed by atoms with Crippen LogP contribution in [0.5, 0.6) is 0 Å². The molecule has 2 rings (SSSR count). The lowest BCUT2D eigenvalue weighted by Crippen LogP contribution is -2.49. The number of esters is 1. The molecule has 7 nitrogen and oxygen atoms in total. The average molecular weight is 389 g/mol. The van der Waals surface area contributed by atoms with Crippen molar-refractivity contribution in [1.29, 1.82) is 0 Å². The SMILES string of the molecule is CCOC(=O)C1CCN(C(=O)[C@@H](C)N(C)Cc2ccc(C(=O)NC)cc2)CC1. The van der Waals surface area contributed by atoms with Crippen molar-refractivity contribution in [3.63, 3.8) is 0 Å². The summed E-state index contributed by atoms with van der Waals surface area (Å²) in [5, 5.41) is 2.60. The van der Waals surface area contributed by atoms with Gasteiger partial charge in [0.15, 0.2) is 0 Å². The van der Waals surface area contributed by atoms with Gasteiger partial charge >= 0.3 is 5.97 Å². The first kappa shape index (κ1) is 21.9. The van der Waals surface area contributed by atoms with Gasteiger partial charge in [0.05, 0.1) is 18.6 Å². The van der Waals surface area contributed by atoms with E-state index in [9.17, 15) is 14.4 Å². The zero-order chi connectivity index (χ0) is 20.7. The standard InChI is InChI=1S/C21H31N3O4/c1-5-28-21(27)18-10-12-24(13-11-18)20(26)15(2)23(4)14-16-6-8-17(9-7-16)19(25)22-3/h6-9,15,18H,5,10-14H2,1-4H3,(H,22,25)/t15-/m1/s1. The van der Waals surface area contributed by atoms with Crippen LogP contribution in [0.1, 0.15) is 42.6 Å². The molecule has 0 unspecified atom stereocenters. The van der Waals surface area contributed by atoms with E-state index in [-0.39, 0.29) is 29.7 Å². The van der Waals surface area contributed by atoms with Gasteiger partial charge in [0.25, 0.3) is 5.91 Å². The van der Waals surface area contributed by atoms with Gasteiger partial charge in [-0.2, -0.15) is 0 Å². The van der Waals surface area contributed by atoms with Gasteiger partial charge in [0, 0.05) is 32.2 Å². The van der Waals surface area contributed by atoms with Crippen LogP contribution in [0, 0.1) is 5.92 Å². The minimum absolute atomic E-state index is 0.0757. The molecule has 1 saturated heterocycles. The number of hydrogen-bond donors (Lipinski definition) is 1. The second kappa shape index (κ2) is 10.2. The topological polar surface area (TPSA) is 79.0 Å². The molecule has 0 bridgehead atoms. The van der Waals surface area contributed by atoms with Crippen LogP contribution in [-0.2, 0) is 20.9 Å². The van der Waals surface area contributed by atoms with E-state index >= 15 is 0 Å². The number of likely N-dealkylation sites (tertiary alicyclic amines) is 1. The number of benzene rings is 1. The molecule has 1 aliphatic heterocycles. The van der Waals surface area contributed by atoms with Gasteiger partial charge < -0.3 is 15.0 Å². The Labute approximate surface area is 167 Å². The summed E-state index contributed by atoms with van der Waals surface area (Å²) in [6.07, 6.45) is 1.31. The van der Waals surface area contributed by atoms with Crippen molar-refractivity contribution < 1.29 is 19.1 Å². The van der Waals surface area contributed by atoms with Crippen molar-refractivity contribution >= 4 is 17.8 Å². The third-order valence-corrected chi connectivity index (χ3v) is 5.32. The van der Waals surface area contributed by atoms with Gasteiger partial charge in [-0.15, -0.1) is 0 Å². The van der Waals surface area contributed by atoms with Gasteiger partial charge in [0.1, 0.15) is 0 Å². The summed E-state index contributed by atoms with van der Waals surface area (Å²) in [6.45, 7) is 5.88. The van der Waals surface area contributed by atoms with Crippen LogP contribution in [0.3, 0.4) is 0 Å². The fraction of sp³-hybridized carbons (Fsp3) is 0.571. The summed E-state index contributed by atoms with van der Waals surface area (Å²) in [5.41, 5.74) is 1.65. The van der Waals surface area contributed by atoms with Gasteiger partial charge in [-0.05, 0) is 51.4 Å². The Bertz CT molecular complexity index is 681. The highest BCUT2D eigenvalue weighted by Crippen LogP contribution is 2.20. The van der Waals surface area contributed by atoms with E-state index in [2.05, 4.69) is 5.32 Å². The first-order valence-corrected chi connectivity index (χ1v) is 9.84. The van der Waals surface area contributed by atoms with Crippen molar-refractivity contribution in [3.8, 4) is 0 Å². The zero-order valence-corrected chi connectivity index (χ0v) is 17.2. The quantitative estimate of drug-likeness (QED) is 0.718. The molecule has 154 valence electrons. The molecule has 2 amide bonds. The maximum atomic E-state index is 12.8. The van der Waals surface area contributed by atoms with Crippen molar-refractivity contribution in [3.05, 3.63) is 35.4 Å². The van der Waals surface area contributed by atoms with Crippen LogP contribution < -0.4 is 5.32 Å². The maximum Gasteiger partial charge on any atom is 0.309 e. The van der Waals surface area contributed by atoms with Crippen LogP contribution >= 0.6 is 0 Å². The molecule has 7 heteroatoms. The molecule has 1 fully saturated rings. The maximum absolute atomic E-state index is 12.8. The van der Waals surface area contributed by atoms with Crippen molar-refractivity contribution in [1.82, 2.24) is 15.1 Å². The van der Waals surface area contributed by atoms with Crippen LogP contribution in [0.4, 0.5) is 0 Å². The summed E-state index contributed by atoms with van der Waals surface area (Å²) in [7, 11) is 3.52. The largest absolute Gasteiger partial charge is 0.466 e. The molecule has 0 spiro atoms. The Morgan fingerprint density at radius 2 is 1.82 bits per heavy atom. The normalized spacial score (nSPS) is 16.0. The van der Waals surface area contributed by atoms with Crippen LogP contribution in [0.25, 0.3) is 0 Å². The third-order valence-electron chi connectivity index (χ3n) is 5.32. The average Bonchev–Trinajstić information content (AvgIpc) is 2.72. The molecule has 1 heterocycles. The molecule has 0 radical (unpaired) electrons. The Morgan fingerprint density at radius 1 is 1.21 bits per heavy atom. The Balaban J connectivity index is 1.87. The highest BCUT2D eigenvalue weighted by Gasteiger charge is 2.31. The smallest absolute Gasteiger partial charge is 0.309 e. The first-order chi connectivity index (χ1) is 13.4. The summed E-state index contributed by atoms with van der Waals surface area (Å²) < 4.78 is 5.08. The van der Waals surface area contributed by atoms with Crippen molar-refractivity contribution in [2.45, 2.75) is 39.3 Å². The Kier molecular flexibility index (Phi) is 7.99. The first-order valence-electron chi connectivity index (χ1n) is 9.84. The summed E-state index contributed by atoms with van der Waals surface area (Å²) >= 11 is 0. The van der Waals surface area contributed by atoms with Crippen LogP contribution in [0.15, 0.2) is 24.3 Å². The van der Waals surface area contributed by atoms with Crippen molar-refractivity contribution in [2.24, 2.45) is 5.92 Å². The van der Waals surface area contributed by atoms with E-state index in [0.717, 1.165) is 5.56 Å². The van der Waals surface area contributed by atoms with E-state index in [4.69, 9.17) is 4.74 Å². The summed E-state index contributed by atoms with van der Waals surface area (Å²) in [5.74, 6) is -0.294. The Hall–Kier alpha value is -2.41. The molecular weight excluding hydrogens is 358 g/mol. The summed E-state index contributed by atoms with van der Waals surface area (Å²) in [6, 6.07) is 7.12. The van der Waals surface area contributed by atoms with Crippen LogP contribution in [-0.4, -0.2) is 67.4 Å². The van der Waals surface area contributed by atoms with Gasteiger partial charge in [-0.1, -0.05) is 12.1 Å². The molecule has 1 aliphatic rings. The van der Waals surface area contributed by atoms with Gasteiger partial charge in [-0.3, -0.25) is 19.3 Å². The monoisotopic (exact) mass is 389 g/mol. The predicted molar refractivity (Wildman–Crippen MR) is 107 cm³/mol. The van der Waals surface area contributed by atoms with Gasteiger partial charge in [-0.25, -0.2) is 0 Å². The molecular formula is C21H31N3O4. The van der Waals surface area contributed by atoms with E-state index in [1.807, 2.05) is 35.9 Å². The fourth-order valence-corrected chi connectivity index (χ4v) is 3.38. The minimum Gasteiger partial charge on any atom is -0.466 e. The number of ether oxygens (including phenoxy) is 1. The molecule has 0 aliphatic carbocycles. The fourth-order valence-electron chi connectivity index (χ4n) is 3.38. The Morgan fingerprint density at radius 3 is 2.36 bits per heavy atom. The number of nitrogens with zero attached hydrogens (tertiary/aromatic N) is 2. The molecule has 1 aromatic carbocycles. The van der Waals surface area contributed by atoms with Gasteiger partial charge in [0.2, 0.25) is 5.91 Å². The lowest BCUT2D eigenvalue weighted by Gasteiger charge is -2.35. The number of hydrogen-bond acceptors (Lipinski definition) is 5. The molecule has 1 N–H and O–H groups in total. The molecule has 0 aromatic heterocycles. The summed E-state index contributed by atoms with van der Waals surface area (Å²) in [4.78, 5) is 40.1. The third kappa shape index (κ3) is 5.55. The van der Waals surface area contributed by atoms with E-state index in [1.165, 1.54) is 0 Å². The molecule has 28 heavy (non-hydrogen) atoms. The number of carbonyl (C=O) groups is 3. The lowest BCUT2D eigenvalue weighted by atomic mass is 9.96. The number of likely N-dealkylation sites (N-methyl/N-ethyl adjacent to an activating group) is 1. The predicted octanol–water partition coefficient (Wildman–Crippen LogP) is 1.67. The minimum atomic E-state index is -0.266. The highest BCUT2D eigenvalue weighted by atomic mass is 16.5. The zero-order valence-electron chi connectivity index (χ0n) is 17.2. The van der Waals surface area contributed by atoms with E-state index in [0.29, 0.717) is 44.6 Å². The number of carbonyl (C=O) groups excluding carboxylic acids is 3. The molecule has 0 saturated carbocycles. The highest BCUT2D eigenvalue weighted by molar-refractivity contribution is 5.93. The van der Waals surface area contributed by atoms with E-state index < -0.39 is 0 Å². The second-order valence-corrected chi connectivity index (χ2v) is 7.22. The number of nitrogens with one attached hydrogen (secondary N) is 1. The lowest BCUT2D eigenvalue weighted by molar-refractivity contribution is -0.151. The van der Waals surface area contributed by atoms with Crippen LogP contribution in [0.2, 0.25) is 0 Å². The molecule has 1 atom stereocenters. The number of amides is 2. The number of rotatable bonds is 7. The van der Waals surface area contributed by atoms with E-state index in [1.54, 1.807) is 26.1 Å². The number of piperidine rings is 1. The second-order valence-electron chi connectivity index (χ2n) is 7.22. The van der Waals surface area contributed by atoms with Crippen molar-refractivity contribution in [2.75, 3.05) is 33.8 Å².